The molecule has 0 unspecified atom stereocenters. The summed E-state index contributed by atoms with van der Waals surface area (Å²) in [6.45, 7) is 8.50. The Morgan fingerprint density at radius 1 is 1.52 bits per heavy atom. The third-order valence-corrected chi connectivity index (χ3v) is 3.37. The van der Waals surface area contributed by atoms with Gasteiger partial charge in [0.15, 0.2) is 0 Å². The van der Waals surface area contributed by atoms with Crippen molar-refractivity contribution in [3.05, 3.63) is 23.8 Å². The molecule has 2 rings (SSSR count). The molecular weight excluding hydrogens is 268 g/mol. The molecule has 0 radical (unpaired) electrons. The first-order valence-corrected chi connectivity index (χ1v) is 7.51. The highest BCUT2D eigenvalue weighted by molar-refractivity contribution is 5.91. The average molecular weight is 292 g/mol. The van der Waals surface area contributed by atoms with Crippen molar-refractivity contribution in [3.8, 4) is 5.75 Å². The first kappa shape index (κ1) is 15.6. The Morgan fingerprint density at radius 2 is 2.33 bits per heavy atom. The zero-order valence-electron chi connectivity index (χ0n) is 13.0. The molecule has 1 fully saturated rings. The predicted molar refractivity (Wildman–Crippen MR) is 83.0 cm³/mol. The molecule has 116 valence electrons. The third kappa shape index (κ3) is 4.36. The Morgan fingerprint density at radius 3 is 3.05 bits per heavy atom. The molecule has 1 aromatic rings. The number of amides is 2. The zero-order chi connectivity index (χ0) is 15.2. The van der Waals surface area contributed by atoms with Crippen LogP contribution in [0.3, 0.4) is 0 Å². The van der Waals surface area contributed by atoms with Crippen LogP contribution in [0.5, 0.6) is 5.75 Å². The maximum atomic E-state index is 12.3. The molecular formula is C16H24N2O3. The van der Waals surface area contributed by atoms with Crippen LogP contribution in [0.2, 0.25) is 0 Å². The molecule has 2 amide bonds. The Labute approximate surface area is 126 Å². The van der Waals surface area contributed by atoms with Crippen LogP contribution >= 0.6 is 0 Å². The number of hydrogen-bond acceptors (Lipinski definition) is 3. The molecule has 1 aliphatic rings. The van der Waals surface area contributed by atoms with Gasteiger partial charge in [-0.25, -0.2) is 4.79 Å². The topological polar surface area (TPSA) is 50.8 Å². The molecule has 1 heterocycles. The minimum atomic E-state index is -0.102. The third-order valence-electron chi connectivity index (χ3n) is 3.37. The Balaban J connectivity index is 2.05. The summed E-state index contributed by atoms with van der Waals surface area (Å²) in [7, 11) is 0. The number of morpholine rings is 1. The highest BCUT2D eigenvalue weighted by Gasteiger charge is 2.22. The number of nitrogens with one attached hydrogen (secondary N) is 1. The van der Waals surface area contributed by atoms with Crippen LogP contribution in [0.15, 0.2) is 18.2 Å². The smallest absolute Gasteiger partial charge is 0.322 e. The summed E-state index contributed by atoms with van der Waals surface area (Å²) in [6.07, 6.45) is 1.01. The lowest BCUT2D eigenvalue weighted by atomic mass is 10.2. The molecule has 21 heavy (non-hydrogen) atoms. The number of carbonyl (C=O) groups is 1. The van der Waals surface area contributed by atoms with Crippen molar-refractivity contribution >= 4 is 11.7 Å². The summed E-state index contributed by atoms with van der Waals surface area (Å²) in [5.74, 6) is 0.728. The van der Waals surface area contributed by atoms with E-state index in [-0.39, 0.29) is 12.1 Å². The highest BCUT2D eigenvalue weighted by atomic mass is 16.5. The van der Waals surface area contributed by atoms with Gasteiger partial charge in [-0.2, -0.15) is 0 Å². The molecule has 1 N–H and O–H groups in total. The molecule has 1 aromatic carbocycles. The molecule has 5 nitrogen and oxygen atoms in total. The molecule has 0 aliphatic carbocycles. The van der Waals surface area contributed by atoms with E-state index in [9.17, 15) is 4.79 Å². The quantitative estimate of drug-likeness (QED) is 0.928. The van der Waals surface area contributed by atoms with Crippen LogP contribution in [0, 0.1) is 6.92 Å². The molecule has 1 saturated heterocycles. The lowest BCUT2D eigenvalue weighted by molar-refractivity contribution is -0.00139. The lowest BCUT2D eigenvalue weighted by Gasteiger charge is -2.31. The minimum absolute atomic E-state index is 0.0818. The standard InChI is InChI=1S/C16H24N2O3/c1-4-8-21-15-10-12(2)5-6-14(15)17-16(19)18-7-9-20-13(3)11-18/h5-6,10,13H,4,7-9,11H2,1-3H3,(H,17,19)/t13-/m1/s1. The summed E-state index contributed by atoms with van der Waals surface area (Å²) < 4.78 is 11.2. The predicted octanol–water partition coefficient (Wildman–Crippen LogP) is 3.04. The van der Waals surface area contributed by atoms with Gasteiger partial charge in [0, 0.05) is 13.1 Å². The molecule has 5 heteroatoms. The number of urea groups is 1. The van der Waals surface area contributed by atoms with Crippen LogP contribution in [-0.4, -0.2) is 43.3 Å². The Hall–Kier alpha value is -1.75. The van der Waals surface area contributed by atoms with Crippen LogP contribution in [-0.2, 0) is 4.74 Å². The number of carbonyl (C=O) groups excluding carboxylic acids is 1. The van der Waals surface area contributed by atoms with Gasteiger partial charge in [-0.3, -0.25) is 0 Å². The van der Waals surface area contributed by atoms with E-state index in [0.29, 0.717) is 26.3 Å². The summed E-state index contributed by atoms with van der Waals surface area (Å²) >= 11 is 0. The normalized spacial score (nSPS) is 18.4. The summed E-state index contributed by atoms with van der Waals surface area (Å²) in [6, 6.07) is 5.71. The maximum Gasteiger partial charge on any atom is 0.322 e. The number of benzene rings is 1. The van der Waals surface area contributed by atoms with E-state index >= 15 is 0 Å². The van der Waals surface area contributed by atoms with Crippen LogP contribution in [0.4, 0.5) is 10.5 Å². The SMILES string of the molecule is CCCOc1cc(C)ccc1NC(=O)N1CCO[C@H](C)C1. The van der Waals surface area contributed by atoms with Crippen molar-refractivity contribution < 1.29 is 14.3 Å². The van der Waals surface area contributed by atoms with Gasteiger partial charge >= 0.3 is 6.03 Å². The van der Waals surface area contributed by atoms with Gasteiger partial charge in [0.2, 0.25) is 0 Å². The van der Waals surface area contributed by atoms with E-state index < -0.39 is 0 Å². The second-order valence-corrected chi connectivity index (χ2v) is 5.41. The van der Waals surface area contributed by atoms with Crippen molar-refractivity contribution in [1.29, 1.82) is 0 Å². The van der Waals surface area contributed by atoms with Gasteiger partial charge in [-0.05, 0) is 38.0 Å². The number of hydrogen-bond donors (Lipinski definition) is 1. The van der Waals surface area contributed by atoms with Crippen LogP contribution < -0.4 is 10.1 Å². The highest BCUT2D eigenvalue weighted by Crippen LogP contribution is 2.26. The van der Waals surface area contributed by atoms with E-state index in [4.69, 9.17) is 9.47 Å². The molecule has 1 atom stereocenters. The number of nitrogens with zero attached hydrogens (tertiary/aromatic N) is 1. The van der Waals surface area contributed by atoms with Crippen molar-refractivity contribution in [2.24, 2.45) is 0 Å². The second-order valence-electron chi connectivity index (χ2n) is 5.41. The number of rotatable bonds is 4. The molecule has 0 saturated carbocycles. The lowest BCUT2D eigenvalue weighted by Crippen LogP contribution is -2.46. The van der Waals surface area contributed by atoms with Gasteiger partial charge in [-0.1, -0.05) is 13.0 Å². The Kier molecular flexibility index (Phi) is 5.44. The van der Waals surface area contributed by atoms with E-state index in [1.54, 1.807) is 4.90 Å². The number of ether oxygens (including phenoxy) is 2. The van der Waals surface area contributed by atoms with Gasteiger partial charge < -0.3 is 19.7 Å². The fraction of sp³-hybridized carbons (Fsp3) is 0.562. The Bertz CT molecular complexity index is 490. The van der Waals surface area contributed by atoms with E-state index in [0.717, 1.165) is 23.4 Å². The molecule has 0 spiro atoms. The summed E-state index contributed by atoms with van der Waals surface area (Å²) in [5, 5.41) is 2.94. The largest absolute Gasteiger partial charge is 0.491 e. The molecule has 0 aromatic heterocycles. The van der Waals surface area contributed by atoms with Crippen molar-refractivity contribution in [3.63, 3.8) is 0 Å². The fourth-order valence-electron chi connectivity index (χ4n) is 2.26. The van der Waals surface area contributed by atoms with Gasteiger partial charge in [0.05, 0.1) is 25.0 Å². The van der Waals surface area contributed by atoms with Gasteiger partial charge in [0.25, 0.3) is 0 Å². The molecule has 0 bridgehead atoms. The maximum absolute atomic E-state index is 12.3. The van der Waals surface area contributed by atoms with Gasteiger partial charge in [-0.15, -0.1) is 0 Å². The monoisotopic (exact) mass is 292 g/mol. The number of aryl methyl sites for hydroxylation is 1. The average Bonchev–Trinajstić information content (AvgIpc) is 2.47. The van der Waals surface area contributed by atoms with E-state index in [1.165, 1.54) is 0 Å². The summed E-state index contributed by atoms with van der Waals surface area (Å²) in [4.78, 5) is 14.1. The van der Waals surface area contributed by atoms with E-state index in [2.05, 4.69) is 12.2 Å². The van der Waals surface area contributed by atoms with Crippen molar-refractivity contribution in [2.75, 3.05) is 31.6 Å². The zero-order valence-corrected chi connectivity index (χ0v) is 13.0. The van der Waals surface area contributed by atoms with Crippen molar-refractivity contribution in [2.45, 2.75) is 33.3 Å². The van der Waals surface area contributed by atoms with Crippen molar-refractivity contribution in [1.82, 2.24) is 4.90 Å². The first-order valence-electron chi connectivity index (χ1n) is 7.51. The second kappa shape index (κ2) is 7.31. The summed E-state index contributed by atoms with van der Waals surface area (Å²) in [5.41, 5.74) is 1.83. The fourth-order valence-corrected chi connectivity index (χ4v) is 2.26. The van der Waals surface area contributed by atoms with Crippen LogP contribution in [0.25, 0.3) is 0 Å². The van der Waals surface area contributed by atoms with E-state index in [1.807, 2.05) is 32.0 Å². The minimum Gasteiger partial charge on any atom is -0.491 e. The number of anilines is 1. The first-order chi connectivity index (χ1) is 10.1. The molecule has 1 aliphatic heterocycles. The van der Waals surface area contributed by atoms with Gasteiger partial charge in [0.1, 0.15) is 5.75 Å². The van der Waals surface area contributed by atoms with Crippen LogP contribution in [0.1, 0.15) is 25.8 Å².